The van der Waals surface area contributed by atoms with Crippen LogP contribution in [-0.2, 0) is 6.54 Å². The Kier molecular flexibility index (Phi) is 5.34. The van der Waals surface area contributed by atoms with E-state index in [2.05, 4.69) is 5.32 Å². The van der Waals surface area contributed by atoms with Gasteiger partial charge in [-0.05, 0) is 41.0 Å². The molecule has 6 heteroatoms. The van der Waals surface area contributed by atoms with Gasteiger partial charge in [0.15, 0.2) is 5.06 Å². The summed E-state index contributed by atoms with van der Waals surface area (Å²) in [5.41, 5.74) is 2.83. The number of carbonyl (C=O) groups excluding carboxylic acids is 1. The Hall–Kier alpha value is -3.12. The maximum Gasteiger partial charge on any atom is 0.335 e. The first-order valence-corrected chi connectivity index (χ1v) is 8.74. The Morgan fingerprint density at radius 2 is 1.88 bits per heavy atom. The standard InChI is InChI=1S/C20H17NO4S/c1-25-18-10-9-17(26-18)19(22)21-12-15-5-2-3-8-16(15)13-6-4-7-14(11-13)20(23)24/h2-11H,12H2,1H3,(H,21,22)(H,23,24). The van der Waals surface area contributed by atoms with E-state index < -0.39 is 5.97 Å². The molecule has 3 rings (SSSR count). The third kappa shape index (κ3) is 3.92. The van der Waals surface area contributed by atoms with Gasteiger partial charge in [-0.3, -0.25) is 4.79 Å². The van der Waals surface area contributed by atoms with Crippen LogP contribution in [0.2, 0.25) is 0 Å². The van der Waals surface area contributed by atoms with Gasteiger partial charge in [-0.25, -0.2) is 4.79 Å². The number of carboxylic acids is 1. The summed E-state index contributed by atoms with van der Waals surface area (Å²) < 4.78 is 5.11. The van der Waals surface area contributed by atoms with Crippen LogP contribution in [0.4, 0.5) is 0 Å². The van der Waals surface area contributed by atoms with Gasteiger partial charge in [-0.2, -0.15) is 0 Å². The van der Waals surface area contributed by atoms with Crippen LogP contribution in [0.25, 0.3) is 11.1 Å². The van der Waals surface area contributed by atoms with E-state index in [0.29, 0.717) is 16.5 Å². The number of methoxy groups -OCH3 is 1. The van der Waals surface area contributed by atoms with Crippen molar-refractivity contribution in [3.63, 3.8) is 0 Å². The van der Waals surface area contributed by atoms with Gasteiger partial charge >= 0.3 is 5.97 Å². The number of ether oxygens (including phenoxy) is 1. The third-order valence-corrected chi connectivity index (χ3v) is 4.93. The highest BCUT2D eigenvalue weighted by molar-refractivity contribution is 7.15. The average molecular weight is 367 g/mol. The number of carbonyl (C=O) groups is 2. The quantitative estimate of drug-likeness (QED) is 0.689. The first-order chi connectivity index (χ1) is 12.6. The molecule has 132 valence electrons. The zero-order valence-electron chi connectivity index (χ0n) is 14.1. The largest absolute Gasteiger partial charge is 0.487 e. The van der Waals surface area contributed by atoms with Gasteiger partial charge in [0.25, 0.3) is 5.91 Å². The van der Waals surface area contributed by atoms with Crippen molar-refractivity contribution >= 4 is 23.2 Å². The smallest absolute Gasteiger partial charge is 0.335 e. The number of rotatable bonds is 6. The summed E-state index contributed by atoms with van der Waals surface area (Å²) in [4.78, 5) is 24.1. The molecule has 0 unspecified atom stereocenters. The fraction of sp³-hybridized carbons (Fsp3) is 0.100. The van der Waals surface area contributed by atoms with E-state index >= 15 is 0 Å². The van der Waals surface area contributed by atoms with Crippen LogP contribution in [0.5, 0.6) is 5.06 Å². The second kappa shape index (κ2) is 7.84. The van der Waals surface area contributed by atoms with Crippen LogP contribution in [0.15, 0.2) is 60.7 Å². The third-order valence-electron chi connectivity index (χ3n) is 3.88. The molecule has 5 nitrogen and oxygen atoms in total. The van der Waals surface area contributed by atoms with Crippen LogP contribution in [0.1, 0.15) is 25.6 Å². The molecular weight excluding hydrogens is 350 g/mol. The predicted octanol–water partition coefficient (Wildman–Crippen LogP) is 4.05. The lowest BCUT2D eigenvalue weighted by Gasteiger charge is -2.11. The molecule has 3 aromatic rings. The lowest BCUT2D eigenvalue weighted by molar-refractivity contribution is 0.0696. The van der Waals surface area contributed by atoms with E-state index in [1.807, 2.05) is 30.3 Å². The average Bonchev–Trinajstić information content (AvgIpc) is 3.16. The van der Waals surface area contributed by atoms with E-state index in [1.165, 1.54) is 11.3 Å². The molecule has 1 amide bonds. The number of thiophene rings is 1. The van der Waals surface area contributed by atoms with Crippen LogP contribution < -0.4 is 10.1 Å². The maximum atomic E-state index is 12.3. The van der Waals surface area contributed by atoms with Crippen molar-refractivity contribution in [2.45, 2.75) is 6.54 Å². The minimum atomic E-state index is -0.968. The normalized spacial score (nSPS) is 10.3. The Bertz CT molecular complexity index is 948. The molecule has 0 aliphatic carbocycles. The Balaban J connectivity index is 1.80. The molecule has 0 saturated carbocycles. The van der Waals surface area contributed by atoms with Crippen LogP contribution in [0.3, 0.4) is 0 Å². The molecular formula is C20H17NO4S. The van der Waals surface area contributed by atoms with Crippen molar-refractivity contribution in [3.05, 3.63) is 76.7 Å². The molecule has 2 aromatic carbocycles. The second-order valence-corrected chi connectivity index (χ2v) is 6.59. The van der Waals surface area contributed by atoms with Gasteiger partial charge in [0.1, 0.15) is 0 Å². The topological polar surface area (TPSA) is 75.6 Å². The van der Waals surface area contributed by atoms with Gasteiger partial charge in [-0.15, -0.1) is 0 Å². The van der Waals surface area contributed by atoms with Crippen LogP contribution >= 0.6 is 11.3 Å². The van der Waals surface area contributed by atoms with Crippen molar-refractivity contribution in [2.24, 2.45) is 0 Å². The second-order valence-electron chi connectivity index (χ2n) is 5.55. The molecule has 0 bridgehead atoms. The summed E-state index contributed by atoms with van der Waals surface area (Å²) in [6.07, 6.45) is 0. The SMILES string of the molecule is COc1ccc(C(=O)NCc2ccccc2-c2cccc(C(=O)O)c2)s1. The van der Waals surface area contributed by atoms with E-state index in [4.69, 9.17) is 4.74 Å². The van der Waals surface area contributed by atoms with Gasteiger partial charge in [0.05, 0.1) is 17.6 Å². The molecule has 0 saturated heterocycles. The highest BCUT2D eigenvalue weighted by atomic mass is 32.1. The summed E-state index contributed by atoms with van der Waals surface area (Å²) in [6.45, 7) is 0.340. The summed E-state index contributed by atoms with van der Waals surface area (Å²) in [5.74, 6) is -1.14. The highest BCUT2D eigenvalue weighted by Gasteiger charge is 2.12. The van der Waals surface area contributed by atoms with Gasteiger partial charge in [0, 0.05) is 6.54 Å². The predicted molar refractivity (Wildman–Crippen MR) is 101 cm³/mol. The summed E-state index contributed by atoms with van der Waals surface area (Å²) >= 11 is 1.28. The first-order valence-electron chi connectivity index (χ1n) is 7.92. The number of nitrogens with one attached hydrogen (secondary N) is 1. The van der Waals surface area contributed by atoms with Crippen LogP contribution in [-0.4, -0.2) is 24.1 Å². The van der Waals surface area contributed by atoms with E-state index in [0.717, 1.165) is 16.7 Å². The molecule has 0 aliphatic heterocycles. The lowest BCUT2D eigenvalue weighted by Crippen LogP contribution is -2.22. The molecule has 0 spiro atoms. The first kappa shape index (κ1) is 17.7. The molecule has 0 fully saturated rings. The molecule has 1 heterocycles. The van der Waals surface area contributed by atoms with Crippen molar-refractivity contribution in [1.29, 1.82) is 0 Å². The molecule has 0 radical (unpaired) electrons. The molecule has 2 N–H and O–H groups in total. The Morgan fingerprint density at radius 1 is 1.08 bits per heavy atom. The number of aromatic carboxylic acids is 1. The number of carboxylic acid groups (broad SMARTS) is 1. The number of hydrogen-bond acceptors (Lipinski definition) is 4. The van der Waals surface area contributed by atoms with Gasteiger partial charge < -0.3 is 15.2 Å². The summed E-state index contributed by atoms with van der Waals surface area (Å²) in [5, 5.41) is 12.8. The van der Waals surface area contributed by atoms with Gasteiger partial charge in [0.2, 0.25) is 0 Å². The molecule has 1 aromatic heterocycles. The van der Waals surface area contributed by atoms with Crippen molar-refractivity contribution < 1.29 is 19.4 Å². The molecule has 0 aliphatic rings. The maximum absolute atomic E-state index is 12.3. The fourth-order valence-corrected chi connectivity index (χ4v) is 3.33. The Morgan fingerprint density at radius 3 is 2.62 bits per heavy atom. The minimum absolute atomic E-state index is 0.174. The zero-order chi connectivity index (χ0) is 18.5. The van der Waals surface area contributed by atoms with Crippen molar-refractivity contribution in [2.75, 3.05) is 7.11 Å². The van der Waals surface area contributed by atoms with E-state index in [9.17, 15) is 14.7 Å². The fourth-order valence-electron chi connectivity index (χ4n) is 2.59. The van der Waals surface area contributed by atoms with Gasteiger partial charge in [-0.1, -0.05) is 47.7 Å². The number of hydrogen-bond donors (Lipinski definition) is 2. The van der Waals surface area contributed by atoms with Crippen LogP contribution in [0, 0.1) is 0 Å². The van der Waals surface area contributed by atoms with Crippen molar-refractivity contribution in [1.82, 2.24) is 5.32 Å². The number of benzene rings is 2. The molecule has 26 heavy (non-hydrogen) atoms. The zero-order valence-corrected chi connectivity index (χ0v) is 14.9. The van der Waals surface area contributed by atoms with E-state index in [1.54, 1.807) is 37.4 Å². The van der Waals surface area contributed by atoms with E-state index in [-0.39, 0.29) is 11.5 Å². The monoisotopic (exact) mass is 367 g/mol. The minimum Gasteiger partial charge on any atom is -0.487 e. The molecule has 0 atom stereocenters. The summed E-state index contributed by atoms with van der Waals surface area (Å²) in [6, 6.07) is 17.8. The lowest BCUT2D eigenvalue weighted by atomic mass is 9.98. The highest BCUT2D eigenvalue weighted by Crippen LogP contribution is 2.26. The van der Waals surface area contributed by atoms with Crippen molar-refractivity contribution in [3.8, 4) is 16.2 Å². The summed E-state index contributed by atoms with van der Waals surface area (Å²) in [7, 11) is 1.56. The number of amides is 1. The Labute approximate surface area is 154 Å².